The second-order valence-corrected chi connectivity index (χ2v) is 3.24. The van der Waals surface area contributed by atoms with E-state index < -0.39 is 0 Å². The van der Waals surface area contributed by atoms with Crippen LogP contribution in [0.4, 0.5) is 0 Å². The fourth-order valence-corrected chi connectivity index (χ4v) is 0.937. The fourth-order valence-electron chi connectivity index (χ4n) is 0.937. The quantitative estimate of drug-likeness (QED) is 0.509. The van der Waals surface area contributed by atoms with E-state index >= 15 is 0 Å². The van der Waals surface area contributed by atoms with E-state index in [0.29, 0.717) is 12.5 Å². The molecule has 2 heteroatoms. The minimum Gasteiger partial charge on any atom is -0.356 e. The van der Waals surface area contributed by atoms with Crippen molar-refractivity contribution in [2.24, 2.45) is 5.92 Å². The van der Waals surface area contributed by atoms with E-state index in [2.05, 4.69) is 31.0 Å². The number of rotatable bonds is 6. The Kier molecular flexibility index (Phi) is 7.52. The molecule has 0 aromatic heterocycles. The van der Waals surface area contributed by atoms with Gasteiger partial charge >= 0.3 is 0 Å². The first-order chi connectivity index (χ1) is 6.66. The molecule has 1 unspecified atom stereocenters. The summed E-state index contributed by atoms with van der Waals surface area (Å²) >= 11 is 0. The van der Waals surface area contributed by atoms with Crippen molar-refractivity contribution in [2.45, 2.75) is 20.3 Å². The number of hydrogen-bond donors (Lipinski definition) is 1. The lowest BCUT2D eigenvalue weighted by atomic mass is 10.1. The molecule has 0 aliphatic rings. The van der Waals surface area contributed by atoms with Crippen LogP contribution in [0.2, 0.25) is 0 Å². The van der Waals surface area contributed by atoms with Gasteiger partial charge in [-0.3, -0.25) is 4.79 Å². The van der Waals surface area contributed by atoms with Crippen LogP contribution in [0.1, 0.15) is 20.3 Å². The van der Waals surface area contributed by atoms with Crippen LogP contribution in [0, 0.1) is 5.92 Å². The van der Waals surface area contributed by atoms with Crippen molar-refractivity contribution in [1.82, 2.24) is 5.32 Å². The Morgan fingerprint density at radius 3 is 2.79 bits per heavy atom. The molecule has 0 aliphatic heterocycles. The number of hydrogen-bond acceptors (Lipinski definition) is 1. The van der Waals surface area contributed by atoms with Crippen molar-refractivity contribution in [3.05, 3.63) is 37.0 Å². The molecule has 78 valence electrons. The normalized spacial score (nSPS) is 13.3. The van der Waals surface area contributed by atoms with Crippen molar-refractivity contribution in [1.29, 1.82) is 0 Å². The summed E-state index contributed by atoms with van der Waals surface area (Å²) in [5, 5.41) is 2.77. The van der Waals surface area contributed by atoms with E-state index in [1.54, 1.807) is 6.08 Å². The van der Waals surface area contributed by atoms with Gasteiger partial charge in [-0.1, -0.05) is 43.9 Å². The topological polar surface area (TPSA) is 29.1 Å². The SMILES string of the molecule is C=C/C=C\C/C=C\C(C)CNC(C)=O. The van der Waals surface area contributed by atoms with Crippen LogP contribution in [0.15, 0.2) is 37.0 Å². The third-order valence-corrected chi connectivity index (χ3v) is 1.68. The molecular formula is C12H19NO. The largest absolute Gasteiger partial charge is 0.356 e. The molecule has 2 nitrogen and oxygen atoms in total. The van der Waals surface area contributed by atoms with Gasteiger partial charge in [-0.25, -0.2) is 0 Å². The minimum absolute atomic E-state index is 0.0248. The van der Waals surface area contributed by atoms with E-state index in [-0.39, 0.29) is 5.91 Å². The first-order valence-corrected chi connectivity index (χ1v) is 4.85. The van der Waals surface area contributed by atoms with Crippen LogP contribution in [0.5, 0.6) is 0 Å². The summed E-state index contributed by atoms with van der Waals surface area (Å²) in [7, 11) is 0. The van der Waals surface area contributed by atoms with Crippen molar-refractivity contribution < 1.29 is 4.79 Å². The summed E-state index contributed by atoms with van der Waals surface area (Å²) < 4.78 is 0. The molecule has 0 saturated heterocycles. The maximum atomic E-state index is 10.6. The molecule has 0 fully saturated rings. The Labute approximate surface area is 86.4 Å². The Bertz CT molecular complexity index is 228. The molecule has 0 aromatic carbocycles. The van der Waals surface area contributed by atoms with Gasteiger partial charge in [-0.2, -0.15) is 0 Å². The molecule has 0 radical (unpaired) electrons. The van der Waals surface area contributed by atoms with Crippen molar-refractivity contribution >= 4 is 5.91 Å². The number of allylic oxidation sites excluding steroid dienone is 4. The maximum Gasteiger partial charge on any atom is 0.216 e. The second kappa shape index (κ2) is 8.30. The van der Waals surface area contributed by atoms with Gasteiger partial charge < -0.3 is 5.32 Å². The Balaban J connectivity index is 3.59. The summed E-state index contributed by atoms with van der Waals surface area (Å²) in [6.45, 7) is 7.89. The molecule has 0 heterocycles. The van der Waals surface area contributed by atoms with Crippen LogP contribution in [0.3, 0.4) is 0 Å². The molecule has 0 aliphatic carbocycles. The van der Waals surface area contributed by atoms with E-state index in [0.717, 1.165) is 6.42 Å². The molecule has 0 spiro atoms. The lowest BCUT2D eigenvalue weighted by Crippen LogP contribution is -2.24. The highest BCUT2D eigenvalue weighted by molar-refractivity contribution is 5.72. The Morgan fingerprint density at radius 1 is 1.50 bits per heavy atom. The molecule has 0 aromatic rings. The second-order valence-electron chi connectivity index (χ2n) is 3.24. The summed E-state index contributed by atoms with van der Waals surface area (Å²) in [5.41, 5.74) is 0. The van der Waals surface area contributed by atoms with Gasteiger partial charge in [0.15, 0.2) is 0 Å². The average molecular weight is 193 g/mol. The average Bonchev–Trinajstić information content (AvgIpc) is 2.14. The van der Waals surface area contributed by atoms with Gasteiger partial charge in [0.25, 0.3) is 0 Å². The lowest BCUT2D eigenvalue weighted by molar-refractivity contribution is -0.119. The van der Waals surface area contributed by atoms with Crippen molar-refractivity contribution in [3.8, 4) is 0 Å². The number of amides is 1. The van der Waals surface area contributed by atoms with E-state index in [9.17, 15) is 4.79 Å². The molecule has 0 saturated carbocycles. The zero-order valence-electron chi connectivity index (χ0n) is 8.99. The van der Waals surface area contributed by atoms with Gasteiger partial charge in [0.05, 0.1) is 0 Å². The predicted molar refractivity (Wildman–Crippen MR) is 60.9 cm³/mol. The fraction of sp³-hybridized carbons (Fsp3) is 0.417. The van der Waals surface area contributed by atoms with E-state index in [4.69, 9.17) is 0 Å². The number of carbonyl (C=O) groups is 1. The lowest BCUT2D eigenvalue weighted by Gasteiger charge is -2.05. The van der Waals surface area contributed by atoms with Crippen molar-refractivity contribution in [3.63, 3.8) is 0 Å². The molecule has 14 heavy (non-hydrogen) atoms. The van der Waals surface area contributed by atoms with Crippen LogP contribution in [0.25, 0.3) is 0 Å². The highest BCUT2D eigenvalue weighted by Crippen LogP contribution is 1.97. The molecule has 1 N–H and O–H groups in total. The standard InChI is InChI=1S/C12H19NO/c1-4-5-6-7-8-9-11(2)10-13-12(3)14/h4-6,8-9,11H,1,7,10H2,2-3H3,(H,13,14)/b6-5-,9-8-. The van der Waals surface area contributed by atoms with Gasteiger partial charge in [-0.05, 0) is 12.3 Å². The van der Waals surface area contributed by atoms with Crippen LogP contribution < -0.4 is 5.32 Å². The third-order valence-electron chi connectivity index (χ3n) is 1.68. The summed E-state index contributed by atoms with van der Waals surface area (Å²) in [4.78, 5) is 10.6. The summed E-state index contributed by atoms with van der Waals surface area (Å²) in [6.07, 6.45) is 10.8. The Hall–Kier alpha value is -1.31. The van der Waals surface area contributed by atoms with Crippen LogP contribution in [-0.2, 0) is 4.79 Å². The molecule has 0 bridgehead atoms. The Morgan fingerprint density at radius 2 is 2.21 bits per heavy atom. The maximum absolute atomic E-state index is 10.6. The predicted octanol–water partition coefficient (Wildman–Crippen LogP) is 2.45. The first-order valence-electron chi connectivity index (χ1n) is 4.85. The van der Waals surface area contributed by atoms with Crippen LogP contribution in [-0.4, -0.2) is 12.5 Å². The van der Waals surface area contributed by atoms with E-state index in [1.165, 1.54) is 6.92 Å². The molecular weight excluding hydrogens is 174 g/mol. The molecule has 0 rings (SSSR count). The first kappa shape index (κ1) is 12.7. The summed E-state index contributed by atoms with van der Waals surface area (Å²) in [6, 6.07) is 0. The highest BCUT2D eigenvalue weighted by Gasteiger charge is 1.96. The van der Waals surface area contributed by atoms with Gasteiger partial charge in [0.1, 0.15) is 0 Å². The van der Waals surface area contributed by atoms with Gasteiger partial charge in [-0.15, -0.1) is 0 Å². The molecule has 1 atom stereocenters. The zero-order valence-corrected chi connectivity index (χ0v) is 8.99. The minimum atomic E-state index is 0.0248. The highest BCUT2D eigenvalue weighted by atomic mass is 16.1. The third kappa shape index (κ3) is 8.78. The van der Waals surface area contributed by atoms with Gasteiger partial charge in [0, 0.05) is 13.5 Å². The zero-order chi connectivity index (χ0) is 10.8. The van der Waals surface area contributed by atoms with Gasteiger partial charge in [0.2, 0.25) is 5.91 Å². The number of carbonyl (C=O) groups excluding carboxylic acids is 1. The van der Waals surface area contributed by atoms with Crippen LogP contribution >= 0.6 is 0 Å². The monoisotopic (exact) mass is 193 g/mol. The van der Waals surface area contributed by atoms with Crippen molar-refractivity contribution in [2.75, 3.05) is 6.54 Å². The number of nitrogens with one attached hydrogen (secondary N) is 1. The van der Waals surface area contributed by atoms with E-state index in [1.807, 2.05) is 12.2 Å². The summed E-state index contributed by atoms with van der Waals surface area (Å²) in [5.74, 6) is 0.410. The molecule has 1 amide bonds. The smallest absolute Gasteiger partial charge is 0.216 e.